The van der Waals surface area contributed by atoms with Crippen molar-refractivity contribution < 1.29 is 13.0 Å². The number of ketones is 1. The molecule has 2 aromatic heterocycles. The summed E-state index contributed by atoms with van der Waals surface area (Å²) in [5, 5.41) is 0.145. The van der Waals surface area contributed by atoms with Gasteiger partial charge >= 0.3 is 5.69 Å². The van der Waals surface area contributed by atoms with Crippen molar-refractivity contribution in [3.05, 3.63) is 32.6 Å². The second-order valence-corrected chi connectivity index (χ2v) is 5.08. The first-order valence-electron chi connectivity index (χ1n) is 9.62. The van der Waals surface area contributed by atoms with Crippen LogP contribution in [-0.2, 0) is 25.4 Å². The average Bonchev–Trinajstić information content (AvgIpc) is 2.78. The molecule has 0 saturated heterocycles. The number of rotatable bonds is 5. The Hall–Kier alpha value is -2.11. The molecule has 0 aliphatic heterocycles. The minimum atomic E-state index is -2.78. The molecule has 0 amide bonds. The van der Waals surface area contributed by atoms with Gasteiger partial charge in [-0.2, -0.15) is 0 Å². The molecule has 2 rings (SSSR count). The first-order chi connectivity index (χ1) is 12.3. The van der Waals surface area contributed by atoms with E-state index in [-0.39, 0.29) is 36.8 Å². The van der Waals surface area contributed by atoms with E-state index in [2.05, 4.69) is 0 Å². The molecule has 0 unspecified atom stereocenters. The fourth-order valence-corrected chi connectivity index (χ4v) is 2.49. The molecule has 6 heteroatoms. The Morgan fingerprint density at radius 3 is 2.76 bits per heavy atom. The molecule has 0 spiro atoms. The number of hydrogen-bond acceptors (Lipinski definition) is 3. The van der Waals surface area contributed by atoms with Crippen LogP contribution in [0.3, 0.4) is 0 Å². The molecule has 0 radical (unpaired) electrons. The third kappa shape index (κ3) is 2.70. The maximum Gasteiger partial charge on any atom is 0.332 e. The maximum absolute atomic E-state index is 12.7. The summed E-state index contributed by atoms with van der Waals surface area (Å²) in [6.07, 6.45) is 1.73. The topological polar surface area (TPSA) is 66.0 Å². The lowest BCUT2D eigenvalue weighted by molar-refractivity contribution is -0.117. The Balaban J connectivity index is 2.44. The summed E-state index contributed by atoms with van der Waals surface area (Å²) in [6, 6.07) is 0. The van der Waals surface area contributed by atoms with Crippen LogP contribution in [0.5, 0.6) is 0 Å². The van der Waals surface area contributed by atoms with E-state index in [1.807, 2.05) is 0 Å². The first kappa shape index (κ1) is 9.02. The molecule has 0 aliphatic carbocycles. The van der Waals surface area contributed by atoms with Crippen LogP contribution in [0.4, 0.5) is 0 Å². The van der Waals surface area contributed by atoms with E-state index in [1.165, 1.54) is 4.57 Å². The van der Waals surface area contributed by atoms with Gasteiger partial charge in [-0.05, 0) is 32.2 Å². The number of nitrogens with zero attached hydrogens (tertiary/aromatic N) is 3. The fourth-order valence-electron chi connectivity index (χ4n) is 2.49. The highest BCUT2D eigenvalue weighted by molar-refractivity contribution is 5.79. The number of carbonyl (C=O) groups excluding carboxylic acids is 1. The van der Waals surface area contributed by atoms with E-state index in [4.69, 9.17) is 8.22 Å². The van der Waals surface area contributed by atoms with Crippen LogP contribution in [0.1, 0.15) is 39.9 Å². The van der Waals surface area contributed by atoms with Crippen LogP contribution in [0, 0.1) is 6.92 Å². The molecule has 2 aromatic rings. The van der Waals surface area contributed by atoms with Crippen molar-refractivity contribution in [2.45, 2.75) is 39.6 Å². The quantitative estimate of drug-likeness (QED) is 0.776. The van der Waals surface area contributed by atoms with Gasteiger partial charge in [-0.3, -0.25) is 13.9 Å². The molecule has 0 N–H and O–H groups in total. The van der Waals surface area contributed by atoms with E-state index in [9.17, 15) is 14.4 Å². The van der Waals surface area contributed by atoms with Crippen molar-refractivity contribution in [2.75, 3.05) is 0 Å². The molecule has 114 valence electrons. The van der Waals surface area contributed by atoms with Gasteiger partial charge in [0.05, 0.1) is 5.39 Å². The van der Waals surface area contributed by atoms with Crippen LogP contribution in [0.25, 0.3) is 11.0 Å². The Bertz CT molecular complexity index is 994. The second kappa shape index (κ2) is 5.71. The van der Waals surface area contributed by atoms with Crippen molar-refractivity contribution >= 4 is 16.8 Å². The molecule has 21 heavy (non-hydrogen) atoms. The summed E-state index contributed by atoms with van der Waals surface area (Å²) >= 11 is 0. The van der Waals surface area contributed by atoms with Gasteiger partial charge < -0.3 is 9.36 Å². The highest BCUT2D eigenvalue weighted by Gasteiger charge is 2.15. The predicted octanol–water partition coefficient (Wildman–Crippen LogP) is 1.11. The lowest BCUT2D eigenvalue weighted by atomic mass is 10.2. The lowest BCUT2D eigenvalue weighted by Gasteiger charge is -2.09. The van der Waals surface area contributed by atoms with Gasteiger partial charge in [-0.1, -0.05) is 0 Å². The molecule has 2 heterocycles. The van der Waals surface area contributed by atoms with Gasteiger partial charge in [-0.25, -0.2) is 4.79 Å². The van der Waals surface area contributed by atoms with Gasteiger partial charge in [0.1, 0.15) is 11.4 Å². The van der Waals surface area contributed by atoms with Crippen molar-refractivity contribution in [3.8, 4) is 0 Å². The second-order valence-electron chi connectivity index (χ2n) is 5.08. The Morgan fingerprint density at radius 2 is 2.10 bits per heavy atom. The Kier molecular flexibility index (Phi) is 2.45. The standard InChI is InChI=1S/C15H21N3O3/c1-10-9-16(3)13-12(10)14(20)18(15(21)17(13)4)8-6-5-7-11(2)19/h9H,5-8H2,1-4H3/i2D3,4D3. The Morgan fingerprint density at radius 1 is 1.33 bits per heavy atom. The molecule has 0 bridgehead atoms. The number of fused-ring (bicyclic) bond motifs is 1. The predicted molar refractivity (Wildman–Crippen MR) is 81.7 cm³/mol. The van der Waals surface area contributed by atoms with E-state index >= 15 is 0 Å². The smallest absolute Gasteiger partial charge is 0.332 e. The monoisotopic (exact) mass is 297 g/mol. The largest absolute Gasteiger partial charge is 0.336 e. The lowest BCUT2D eigenvalue weighted by Crippen LogP contribution is -2.39. The number of aryl methyl sites for hydroxylation is 3. The van der Waals surface area contributed by atoms with E-state index < -0.39 is 30.9 Å². The zero-order valence-electron chi connectivity index (χ0n) is 18.0. The van der Waals surface area contributed by atoms with Crippen LogP contribution in [-0.4, -0.2) is 19.5 Å². The maximum atomic E-state index is 12.7. The van der Waals surface area contributed by atoms with Crippen LogP contribution in [0.15, 0.2) is 15.8 Å². The van der Waals surface area contributed by atoms with Gasteiger partial charge in [0.15, 0.2) is 0 Å². The van der Waals surface area contributed by atoms with Crippen LogP contribution >= 0.6 is 0 Å². The zero-order valence-corrected chi connectivity index (χ0v) is 12.0. The number of unbranched alkanes of at least 4 members (excludes halogenated alkanes) is 1. The molecular weight excluding hydrogens is 270 g/mol. The van der Waals surface area contributed by atoms with E-state index in [0.717, 1.165) is 4.57 Å². The molecule has 0 fully saturated rings. The molecular formula is C15H21N3O3. The number of aromatic nitrogens is 3. The molecule has 0 atom stereocenters. The van der Waals surface area contributed by atoms with Crippen molar-refractivity contribution in [1.29, 1.82) is 0 Å². The fraction of sp³-hybridized carbons (Fsp3) is 0.533. The minimum Gasteiger partial charge on any atom is -0.336 e. The molecule has 0 aromatic carbocycles. The normalized spacial score (nSPS) is 16.7. The average molecular weight is 297 g/mol. The van der Waals surface area contributed by atoms with Crippen LogP contribution in [0.2, 0.25) is 0 Å². The number of Topliss-reactive ketones (excluding diaryl/α,β-unsaturated/α-hetero) is 1. The van der Waals surface area contributed by atoms with Crippen molar-refractivity contribution in [1.82, 2.24) is 13.7 Å². The van der Waals surface area contributed by atoms with E-state index in [0.29, 0.717) is 10.1 Å². The number of hydrogen-bond donors (Lipinski definition) is 0. The van der Waals surface area contributed by atoms with Gasteiger partial charge in [0.25, 0.3) is 5.56 Å². The SMILES string of the molecule is [2H]C([2H])([2H])C(=O)CCCCn1c(=O)c2c(C)cn(C)c2n(C([2H])([2H])[2H])c1=O. The summed E-state index contributed by atoms with van der Waals surface area (Å²) < 4.78 is 47.0. The highest BCUT2D eigenvalue weighted by atomic mass is 16.2. The summed E-state index contributed by atoms with van der Waals surface area (Å²) in [7, 11) is 1.56. The highest BCUT2D eigenvalue weighted by Crippen LogP contribution is 2.13. The third-order valence-electron chi connectivity index (χ3n) is 3.47. The minimum absolute atomic E-state index is 0.0244. The van der Waals surface area contributed by atoms with Gasteiger partial charge in [-0.15, -0.1) is 0 Å². The van der Waals surface area contributed by atoms with Gasteiger partial charge in [0.2, 0.25) is 0 Å². The number of carbonyl (C=O) groups is 1. The van der Waals surface area contributed by atoms with Crippen molar-refractivity contribution in [2.24, 2.45) is 14.0 Å². The molecule has 0 aliphatic rings. The Labute approximate surface area is 131 Å². The zero-order chi connectivity index (χ0) is 20.7. The molecule has 6 nitrogen and oxygen atoms in total. The summed E-state index contributed by atoms with van der Waals surface area (Å²) in [4.78, 5) is 36.9. The first-order valence-corrected chi connectivity index (χ1v) is 6.62. The molecule has 0 saturated carbocycles. The summed E-state index contributed by atoms with van der Waals surface area (Å²) in [5.74, 6) is -0.885. The summed E-state index contributed by atoms with van der Waals surface area (Å²) in [5.41, 5.74) is -0.996. The van der Waals surface area contributed by atoms with Crippen molar-refractivity contribution in [3.63, 3.8) is 0 Å². The summed E-state index contributed by atoms with van der Waals surface area (Å²) in [6.45, 7) is -3.91. The van der Waals surface area contributed by atoms with Crippen LogP contribution < -0.4 is 11.2 Å². The third-order valence-corrected chi connectivity index (χ3v) is 3.47. The van der Waals surface area contributed by atoms with Gasteiger partial charge in [0, 0.05) is 41.4 Å². The van der Waals surface area contributed by atoms with E-state index in [1.54, 1.807) is 20.2 Å².